The van der Waals surface area contributed by atoms with Crippen LogP contribution in [-0.4, -0.2) is 17.0 Å². The molecule has 3 N–H and O–H groups in total. The molecule has 0 saturated carbocycles. The van der Waals surface area contributed by atoms with Crippen LogP contribution in [-0.2, 0) is 9.59 Å². The fourth-order valence-electron chi connectivity index (χ4n) is 6.28. The van der Waals surface area contributed by atoms with Gasteiger partial charge in [-0.15, -0.1) is 0 Å². The number of rotatable bonds is 36. The predicted octanol–water partition coefficient (Wildman–Crippen LogP) is 13.3. The van der Waals surface area contributed by atoms with Crippen LogP contribution in [0.15, 0.2) is 23.3 Å². The smallest absolute Gasteiger partial charge is 0.331 e. The first-order valence-corrected chi connectivity index (χ1v) is 19.9. The zero-order chi connectivity index (χ0) is 33.1. The molecule has 0 spiro atoms. The van der Waals surface area contributed by atoms with Crippen molar-refractivity contribution in [2.75, 3.05) is 0 Å². The number of carbonyl (C=O) groups is 2. The maximum absolute atomic E-state index is 12.0. The molecule has 0 unspecified atom stereocenters. The molecule has 0 fully saturated rings. The molecule has 264 valence electrons. The molecule has 0 aliphatic rings. The number of carboxylic acid groups (broad SMARTS) is 1. The molecule has 45 heavy (non-hydrogen) atoms. The number of aliphatic carboxylic acids is 1. The standard InChI is InChI=1S/C41H77NO3/c1-3-5-7-9-11-13-15-17-19-21-23-25-27-29-31-33-35-38(40(42)43)37-39(41(44)45)36-34-32-30-28-26-24-22-20-18-16-14-12-10-8-6-4-2/h35-36H,3-34,37H2,1-2H3,(H2,42,43)(H,44,45)/b38-35+,39-36+. The Hall–Kier alpha value is -1.58. The zero-order valence-electron chi connectivity index (χ0n) is 30.3. The van der Waals surface area contributed by atoms with Gasteiger partial charge in [-0.2, -0.15) is 0 Å². The van der Waals surface area contributed by atoms with E-state index < -0.39 is 11.9 Å². The van der Waals surface area contributed by atoms with Gasteiger partial charge in [0.05, 0.1) is 0 Å². The highest BCUT2D eigenvalue weighted by molar-refractivity contribution is 5.95. The van der Waals surface area contributed by atoms with Gasteiger partial charge >= 0.3 is 5.97 Å². The van der Waals surface area contributed by atoms with Crippen LogP contribution in [0.3, 0.4) is 0 Å². The van der Waals surface area contributed by atoms with Crippen molar-refractivity contribution in [3.63, 3.8) is 0 Å². The summed E-state index contributed by atoms with van der Waals surface area (Å²) in [5.41, 5.74) is 6.37. The average Bonchev–Trinajstić information content (AvgIpc) is 3.02. The number of primary amides is 1. The molecule has 1 amide bonds. The van der Waals surface area contributed by atoms with E-state index in [1.807, 2.05) is 12.2 Å². The highest BCUT2D eigenvalue weighted by Crippen LogP contribution is 2.18. The van der Waals surface area contributed by atoms with Crippen molar-refractivity contribution < 1.29 is 14.7 Å². The van der Waals surface area contributed by atoms with Gasteiger partial charge in [0.2, 0.25) is 5.91 Å². The third kappa shape index (κ3) is 32.2. The number of carbonyl (C=O) groups excluding carboxylic acids is 1. The molecule has 0 aliphatic heterocycles. The molecule has 0 rings (SSSR count). The van der Waals surface area contributed by atoms with Crippen molar-refractivity contribution in [2.45, 2.75) is 226 Å². The Kier molecular flexibility index (Phi) is 34.0. The lowest BCUT2D eigenvalue weighted by Crippen LogP contribution is -2.16. The number of hydrogen-bond acceptors (Lipinski definition) is 2. The number of nitrogens with two attached hydrogens (primary N) is 1. The van der Waals surface area contributed by atoms with E-state index in [-0.39, 0.29) is 6.42 Å². The van der Waals surface area contributed by atoms with Gasteiger partial charge < -0.3 is 10.8 Å². The summed E-state index contributed by atoms with van der Waals surface area (Å²) in [4.78, 5) is 23.8. The van der Waals surface area contributed by atoms with Crippen LogP contribution in [0.25, 0.3) is 0 Å². The van der Waals surface area contributed by atoms with Crippen LogP contribution in [0.2, 0.25) is 0 Å². The molecule has 0 bridgehead atoms. The van der Waals surface area contributed by atoms with Crippen LogP contribution >= 0.6 is 0 Å². The Morgan fingerprint density at radius 3 is 0.911 bits per heavy atom. The Balaban J connectivity index is 3.90. The maximum Gasteiger partial charge on any atom is 0.331 e. The second-order valence-electron chi connectivity index (χ2n) is 13.8. The highest BCUT2D eigenvalue weighted by Gasteiger charge is 2.13. The topological polar surface area (TPSA) is 80.4 Å². The van der Waals surface area contributed by atoms with E-state index in [9.17, 15) is 14.7 Å². The molecule has 4 nitrogen and oxygen atoms in total. The van der Waals surface area contributed by atoms with Crippen molar-refractivity contribution >= 4 is 11.9 Å². The van der Waals surface area contributed by atoms with Crippen LogP contribution in [0.4, 0.5) is 0 Å². The summed E-state index contributed by atoms with van der Waals surface area (Å²) >= 11 is 0. The van der Waals surface area contributed by atoms with E-state index >= 15 is 0 Å². The minimum Gasteiger partial charge on any atom is -0.478 e. The summed E-state index contributed by atoms with van der Waals surface area (Å²) in [5.74, 6) is -1.43. The van der Waals surface area contributed by atoms with Crippen LogP contribution < -0.4 is 5.73 Å². The van der Waals surface area contributed by atoms with Gasteiger partial charge in [-0.25, -0.2) is 4.79 Å². The van der Waals surface area contributed by atoms with E-state index in [1.54, 1.807) is 0 Å². The molecule has 0 heterocycles. The normalized spacial score (nSPS) is 12.2. The summed E-state index contributed by atoms with van der Waals surface area (Å²) in [6.07, 6.45) is 45.1. The van der Waals surface area contributed by atoms with Gasteiger partial charge in [-0.1, -0.05) is 206 Å². The summed E-state index contributed by atoms with van der Waals surface area (Å²) in [7, 11) is 0. The summed E-state index contributed by atoms with van der Waals surface area (Å²) in [5, 5.41) is 9.69. The SMILES string of the molecule is CCCCCCCCCCCCCCCCC/C=C(\C/C(=C\CCCCCCCCCCCCCCCCC)C(=O)O)C(N)=O. The Morgan fingerprint density at radius 1 is 0.422 bits per heavy atom. The number of hydrogen-bond donors (Lipinski definition) is 2. The third-order valence-electron chi connectivity index (χ3n) is 9.37. The molecule has 0 aromatic carbocycles. The molecule has 0 saturated heterocycles. The van der Waals surface area contributed by atoms with Gasteiger partial charge in [0.15, 0.2) is 0 Å². The average molecular weight is 632 g/mol. The van der Waals surface area contributed by atoms with E-state index in [0.29, 0.717) is 11.1 Å². The Labute approximate surface area is 280 Å². The van der Waals surface area contributed by atoms with Crippen molar-refractivity contribution in [1.82, 2.24) is 0 Å². The number of allylic oxidation sites excluding steroid dienone is 2. The lowest BCUT2D eigenvalue weighted by atomic mass is 10.00. The lowest BCUT2D eigenvalue weighted by molar-refractivity contribution is -0.132. The minimum atomic E-state index is -0.935. The molecule has 0 aromatic rings. The summed E-state index contributed by atoms with van der Waals surface area (Å²) < 4.78 is 0. The number of carboxylic acids is 1. The molecular formula is C41H77NO3. The van der Waals surface area contributed by atoms with Gasteiger partial charge in [0.1, 0.15) is 0 Å². The molecule has 0 aliphatic carbocycles. The van der Waals surface area contributed by atoms with Crippen molar-refractivity contribution in [3.8, 4) is 0 Å². The fraction of sp³-hybridized carbons (Fsp3) is 0.854. The van der Waals surface area contributed by atoms with Crippen molar-refractivity contribution in [1.29, 1.82) is 0 Å². The van der Waals surface area contributed by atoms with E-state index in [1.165, 1.54) is 167 Å². The first kappa shape index (κ1) is 43.4. The molecule has 0 aromatic heterocycles. The molecular weight excluding hydrogens is 554 g/mol. The molecule has 0 atom stereocenters. The fourth-order valence-corrected chi connectivity index (χ4v) is 6.28. The predicted molar refractivity (Wildman–Crippen MR) is 197 cm³/mol. The Morgan fingerprint density at radius 2 is 0.667 bits per heavy atom. The lowest BCUT2D eigenvalue weighted by Gasteiger charge is -2.06. The van der Waals surface area contributed by atoms with Gasteiger partial charge in [0, 0.05) is 17.6 Å². The zero-order valence-corrected chi connectivity index (χ0v) is 30.3. The van der Waals surface area contributed by atoms with Gasteiger partial charge in [-0.3, -0.25) is 4.79 Å². The van der Waals surface area contributed by atoms with E-state index in [0.717, 1.165) is 38.5 Å². The monoisotopic (exact) mass is 632 g/mol. The summed E-state index contributed by atoms with van der Waals surface area (Å²) in [6, 6.07) is 0. The van der Waals surface area contributed by atoms with E-state index in [2.05, 4.69) is 13.8 Å². The second kappa shape index (κ2) is 35.3. The van der Waals surface area contributed by atoms with Crippen LogP contribution in [0, 0.1) is 0 Å². The third-order valence-corrected chi connectivity index (χ3v) is 9.37. The minimum absolute atomic E-state index is 0.141. The first-order valence-electron chi connectivity index (χ1n) is 19.9. The Bertz CT molecular complexity index is 666. The quantitative estimate of drug-likeness (QED) is 0.0533. The largest absolute Gasteiger partial charge is 0.478 e. The number of amides is 1. The molecule has 0 radical (unpaired) electrons. The molecule has 4 heteroatoms. The van der Waals surface area contributed by atoms with Crippen LogP contribution in [0.5, 0.6) is 0 Å². The van der Waals surface area contributed by atoms with Crippen LogP contribution in [0.1, 0.15) is 226 Å². The van der Waals surface area contributed by atoms with E-state index in [4.69, 9.17) is 5.73 Å². The number of unbranched alkanes of at least 4 members (excludes halogenated alkanes) is 30. The highest BCUT2D eigenvalue weighted by atomic mass is 16.4. The maximum atomic E-state index is 12.0. The first-order chi connectivity index (χ1) is 22.0. The van der Waals surface area contributed by atoms with Gasteiger partial charge in [-0.05, 0) is 25.7 Å². The second-order valence-corrected chi connectivity index (χ2v) is 13.8. The van der Waals surface area contributed by atoms with Crippen molar-refractivity contribution in [2.24, 2.45) is 5.73 Å². The van der Waals surface area contributed by atoms with Gasteiger partial charge in [0.25, 0.3) is 0 Å². The summed E-state index contributed by atoms with van der Waals surface area (Å²) in [6.45, 7) is 4.55. The van der Waals surface area contributed by atoms with Crippen molar-refractivity contribution in [3.05, 3.63) is 23.3 Å².